The van der Waals surface area contributed by atoms with Gasteiger partial charge in [0.15, 0.2) is 11.6 Å². The molecule has 0 aromatic heterocycles. The van der Waals surface area contributed by atoms with Crippen molar-refractivity contribution in [2.24, 2.45) is 0 Å². The van der Waals surface area contributed by atoms with Gasteiger partial charge in [0.05, 0.1) is 23.4 Å². The monoisotopic (exact) mass is 294 g/mol. The molecule has 104 valence electrons. The van der Waals surface area contributed by atoms with E-state index in [0.717, 1.165) is 6.07 Å². The minimum atomic E-state index is -0.565. The van der Waals surface area contributed by atoms with Crippen LogP contribution < -0.4 is 15.8 Å². The lowest BCUT2D eigenvalue weighted by Gasteiger charge is -2.09. The summed E-state index contributed by atoms with van der Waals surface area (Å²) in [5.74, 6) is -0.927. The summed E-state index contributed by atoms with van der Waals surface area (Å²) in [5.41, 5.74) is 6.44. The summed E-state index contributed by atoms with van der Waals surface area (Å²) in [4.78, 5) is 12.0. The van der Waals surface area contributed by atoms with Crippen LogP contribution in [-0.4, -0.2) is 13.0 Å². The van der Waals surface area contributed by atoms with Crippen molar-refractivity contribution in [3.63, 3.8) is 0 Å². The first-order valence-electron chi connectivity index (χ1n) is 5.72. The van der Waals surface area contributed by atoms with Crippen LogP contribution in [0.1, 0.15) is 10.4 Å². The number of benzene rings is 2. The molecule has 0 saturated heterocycles. The van der Waals surface area contributed by atoms with E-state index in [4.69, 9.17) is 22.1 Å². The SMILES string of the molecule is COc1ccc(NC(=O)c2cccc(Cl)c2N)cc1F. The fraction of sp³-hybridized carbons (Fsp3) is 0.0714. The number of nitrogen functional groups attached to an aromatic ring is 1. The molecule has 0 heterocycles. The molecule has 0 aliphatic carbocycles. The van der Waals surface area contributed by atoms with Crippen LogP contribution >= 0.6 is 11.6 Å². The van der Waals surface area contributed by atoms with Crippen molar-refractivity contribution in [2.45, 2.75) is 0 Å². The maximum absolute atomic E-state index is 13.5. The van der Waals surface area contributed by atoms with Gasteiger partial charge in [0.2, 0.25) is 0 Å². The molecule has 0 radical (unpaired) electrons. The van der Waals surface area contributed by atoms with Crippen molar-refractivity contribution in [1.29, 1.82) is 0 Å². The molecular formula is C14H12ClFN2O2. The summed E-state index contributed by atoms with van der Waals surface area (Å²) in [6, 6.07) is 8.85. The van der Waals surface area contributed by atoms with Crippen molar-refractivity contribution < 1.29 is 13.9 Å². The Morgan fingerprint density at radius 1 is 1.35 bits per heavy atom. The first-order valence-corrected chi connectivity index (χ1v) is 6.09. The molecule has 2 aromatic carbocycles. The molecular weight excluding hydrogens is 283 g/mol. The summed E-state index contributed by atoms with van der Waals surface area (Å²) in [6.45, 7) is 0. The standard InChI is InChI=1S/C14H12ClFN2O2/c1-20-12-6-5-8(7-11(12)16)18-14(19)9-3-2-4-10(15)13(9)17/h2-7H,17H2,1H3,(H,18,19). The molecule has 0 bridgehead atoms. The Labute approximate surface area is 120 Å². The molecule has 2 aromatic rings. The Bertz CT molecular complexity index is 662. The van der Waals surface area contributed by atoms with Gasteiger partial charge in [0.25, 0.3) is 5.91 Å². The van der Waals surface area contributed by atoms with Crippen LogP contribution in [0.15, 0.2) is 36.4 Å². The van der Waals surface area contributed by atoms with Gasteiger partial charge in [-0.1, -0.05) is 17.7 Å². The van der Waals surface area contributed by atoms with E-state index in [9.17, 15) is 9.18 Å². The smallest absolute Gasteiger partial charge is 0.257 e. The molecule has 0 saturated carbocycles. The number of methoxy groups -OCH3 is 1. The number of carbonyl (C=O) groups is 1. The summed E-state index contributed by atoms with van der Waals surface area (Å²) in [7, 11) is 1.36. The normalized spacial score (nSPS) is 10.2. The highest BCUT2D eigenvalue weighted by Gasteiger charge is 2.13. The van der Waals surface area contributed by atoms with Crippen LogP contribution in [0.5, 0.6) is 5.75 Å². The zero-order valence-corrected chi connectivity index (χ0v) is 11.4. The van der Waals surface area contributed by atoms with E-state index in [1.807, 2.05) is 0 Å². The van der Waals surface area contributed by atoms with E-state index in [1.54, 1.807) is 12.1 Å². The number of para-hydroxylation sites is 1. The van der Waals surface area contributed by atoms with Crippen LogP contribution in [0, 0.1) is 5.82 Å². The third-order valence-electron chi connectivity index (χ3n) is 2.71. The van der Waals surface area contributed by atoms with Crippen molar-refractivity contribution in [1.82, 2.24) is 0 Å². The number of ether oxygens (including phenoxy) is 1. The lowest BCUT2D eigenvalue weighted by molar-refractivity contribution is 0.102. The Balaban J connectivity index is 2.24. The van der Waals surface area contributed by atoms with E-state index in [1.165, 1.54) is 25.3 Å². The number of nitrogens with one attached hydrogen (secondary N) is 1. The molecule has 0 unspecified atom stereocenters. The second kappa shape index (κ2) is 5.79. The molecule has 6 heteroatoms. The van der Waals surface area contributed by atoms with E-state index < -0.39 is 11.7 Å². The van der Waals surface area contributed by atoms with Crippen LogP contribution in [0.25, 0.3) is 0 Å². The Kier molecular flexibility index (Phi) is 4.10. The van der Waals surface area contributed by atoms with Gasteiger partial charge in [-0.05, 0) is 24.3 Å². The number of hydrogen-bond acceptors (Lipinski definition) is 3. The van der Waals surface area contributed by atoms with E-state index in [-0.39, 0.29) is 17.0 Å². The highest BCUT2D eigenvalue weighted by Crippen LogP contribution is 2.25. The van der Waals surface area contributed by atoms with Crippen molar-refractivity contribution >= 4 is 28.9 Å². The van der Waals surface area contributed by atoms with Gasteiger partial charge in [-0.3, -0.25) is 4.79 Å². The first-order chi connectivity index (χ1) is 9.52. The molecule has 0 fully saturated rings. The highest BCUT2D eigenvalue weighted by atomic mass is 35.5. The summed E-state index contributed by atoms with van der Waals surface area (Å²) in [6.07, 6.45) is 0. The summed E-state index contributed by atoms with van der Waals surface area (Å²) < 4.78 is 18.3. The average Bonchev–Trinajstić information content (AvgIpc) is 2.42. The molecule has 1 amide bonds. The van der Waals surface area contributed by atoms with Gasteiger partial charge in [-0.2, -0.15) is 0 Å². The lowest BCUT2D eigenvalue weighted by Crippen LogP contribution is -2.14. The lowest BCUT2D eigenvalue weighted by atomic mass is 10.1. The van der Waals surface area contributed by atoms with Gasteiger partial charge < -0.3 is 15.8 Å². The molecule has 0 spiro atoms. The third kappa shape index (κ3) is 2.83. The number of amides is 1. The van der Waals surface area contributed by atoms with Gasteiger partial charge in [-0.15, -0.1) is 0 Å². The van der Waals surface area contributed by atoms with E-state index in [2.05, 4.69) is 5.32 Å². The summed E-state index contributed by atoms with van der Waals surface area (Å²) in [5, 5.41) is 2.84. The maximum atomic E-state index is 13.5. The van der Waals surface area contributed by atoms with Crippen LogP contribution in [0.2, 0.25) is 5.02 Å². The molecule has 2 rings (SSSR count). The quantitative estimate of drug-likeness (QED) is 0.854. The number of anilines is 2. The Hall–Kier alpha value is -2.27. The molecule has 0 aliphatic heterocycles. The molecule has 3 N–H and O–H groups in total. The fourth-order valence-electron chi connectivity index (χ4n) is 1.68. The number of halogens is 2. The maximum Gasteiger partial charge on any atom is 0.257 e. The van der Waals surface area contributed by atoms with Crippen molar-refractivity contribution in [3.8, 4) is 5.75 Å². The van der Waals surface area contributed by atoms with Gasteiger partial charge in [0.1, 0.15) is 0 Å². The minimum Gasteiger partial charge on any atom is -0.494 e. The van der Waals surface area contributed by atoms with Crippen LogP contribution in [-0.2, 0) is 0 Å². The number of carbonyl (C=O) groups excluding carboxylic acids is 1. The minimum absolute atomic E-state index is 0.102. The first kappa shape index (κ1) is 14.1. The second-order valence-corrected chi connectivity index (χ2v) is 4.41. The topological polar surface area (TPSA) is 64.3 Å². The molecule has 20 heavy (non-hydrogen) atoms. The zero-order chi connectivity index (χ0) is 14.7. The van der Waals surface area contributed by atoms with Crippen molar-refractivity contribution in [3.05, 3.63) is 52.8 Å². The van der Waals surface area contributed by atoms with E-state index >= 15 is 0 Å². The summed E-state index contributed by atoms with van der Waals surface area (Å²) >= 11 is 5.84. The third-order valence-corrected chi connectivity index (χ3v) is 3.04. The second-order valence-electron chi connectivity index (χ2n) is 4.00. The molecule has 0 aliphatic rings. The Morgan fingerprint density at radius 2 is 2.10 bits per heavy atom. The van der Waals surface area contributed by atoms with Gasteiger partial charge >= 0.3 is 0 Å². The molecule has 0 atom stereocenters. The predicted molar refractivity (Wildman–Crippen MR) is 76.8 cm³/mol. The number of rotatable bonds is 3. The van der Waals surface area contributed by atoms with Gasteiger partial charge in [0, 0.05) is 11.8 Å². The van der Waals surface area contributed by atoms with Crippen LogP contribution in [0.4, 0.5) is 15.8 Å². The highest BCUT2D eigenvalue weighted by molar-refractivity contribution is 6.34. The number of nitrogens with two attached hydrogens (primary N) is 1. The molecule has 4 nitrogen and oxygen atoms in total. The average molecular weight is 295 g/mol. The van der Waals surface area contributed by atoms with Gasteiger partial charge in [-0.25, -0.2) is 4.39 Å². The van der Waals surface area contributed by atoms with Crippen molar-refractivity contribution in [2.75, 3.05) is 18.2 Å². The zero-order valence-electron chi connectivity index (χ0n) is 10.6. The predicted octanol–water partition coefficient (Wildman–Crippen LogP) is 3.32. The fourth-order valence-corrected chi connectivity index (χ4v) is 1.85. The number of hydrogen-bond donors (Lipinski definition) is 2. The largest absolute Gasteiger partial charge is 0.494 e. The van der Waals surface area contributed by atoms with E-state index in [0.29, 0.717) is 10.7 Å². The van der Waals surface area contributed by atoms with Crippen LogP contribution in [0.3, 0.4) is 0 Å². The Morgan fingerprint density at radius 3 is 2.75 bits per heavy atom.